The van der Waals surface area contributed by atoms with Crippen molar-refractivity contribution >= 4 is 5.97 Å². The molecule has 2 rings (SSSR count). The molecule has 0 fully saturated rings. The molecule has 1 aliphatic heterocycles. The second kappa shape index (κ2) is 2.52. The van der Waals surface area contributed by atoms with E-state index in [1.807, 2.05) is 6.07 Å². The Kier molecular flexibility index (Phi) is 1.50. The predicted octanol–water partition coefficient (Wildman–Crippen LogP) is 1.24. The maximum Gasteiger partial charge on any atom is 0.311 e. The highest BCUT2D eigenvalue weighted by molar-refractivity contribution is 5.76. The Bertz CT molecular complexity index is 331. The van der Waals surface area contributed by atoms with E-state index in [0.717, 1.165) is 5.56 Å². The van der Waals surface area contributed by atoms with Gasteiger partial charge in [-0.1, -0.05) is 12.1 Å². The van der Waals surface area contributed by atoms with Crippen molar-refractivity contribution in [1.29, 1.82) is 0 Å². The maximum atomic E-state index is 10.8. The van der Waals surface area contributed by atoms with E-state index in [1.165, 1.54) is 6.07 Å². The Balaban J connectivity index is 2.50. The van der Waals surface area contributed by atoms with Crippen LogP contribution in [0.25, 0.3) is 0 Å². The lowest BCUT2D eigenvalue weighted by atomic mass is 10.1. The molecule has 1 aromatic carbocycles. The van der Waals surface area contributed by atoms with Gasteiger partial charge in [0.1, 0.15) is 0 Å². The highest BCUT2D eigenvalue weighted by Gasteiger charge is 2.19. The third-order valence-electron chi connectivity index (χ3n) is 1.89. The molecule has 0 aromatic heterocycles. The number of carbonyl (C=O) groups excluding carboxylic acids is 1. The van der Waals surface area contributed by atoms with Crippen LogP contribution >= 0.6 is 0 Å². The zero-order valence-corrected chi connectivity index (χ0v) is 6.41. The number of benzene rings is 1. The van der Waals surface area contributed by atoms with E-state index in [0.29, 0.717) is 18.6 Å². The monoisotopic (exact) mass is 164 g/mol. The number of hydrogen-bond donors (Lipinski definition) is 1. The molecule has 62 valence electrons. The van der Waals surface area contributed by atoms with Gasteiger partial charge in [0.15, 0.2) is 11.5 Å². The van der Waals surface area contributed by atoms with Crippen molar-refractivity contribution in [3.63, 3.8) is 0 Å². The van der Waals surface area contributed by atoms with Crippen LogP contribution in [0.15, 0.2) is 18.2 Å². The van der Waals surface area contributed by atoms with Crippen LogP contribution in [-0.2, 0) is 11.2 Å². The highest BCUT2D eigenvalue weighted by Crippen LogP contribution is 2.33. The van der Waals surface area contributed by atoms with E-state index in [-0.39, 0.29) is 11.7 Å². The smallest absolute Gasteiger partial charge is 0.311 e. The number of esters is 1. The Morgan fingerprint density at radius 1 is 1.33 bits per heavy atom. The van der Waals surface area contributed by atoms with E-state index < -0.39 is 0 Å². The fourth-order valence-electron chi connectivity index (χ4n) is 1.29. The average molecular weight is 164 g/mol. The quantitative estimate of drug-likeness (QED) is 0.463. The molecule has 1 heterocycles. The third kappa shape index (κ3) is 1.03. The van der Waals surface area contributed by atoms with Gasteiger partial charge in [-0.15, -0.1) is 0 Å². The van der Waals surface area contributed by atoms with Gasteiger partial charge in [0.25, 0.3) is 0 Å². The fourth-order valence-corrected chi connectivity index (χ4v) is 1.29. The number of rotatable bonds is 0. The van der Waals surface area contributed by atoms with Crippen LogP contribution in [0.5, 0.6) is 11.5 Å². The lowest BCUT2D eigenvalue weighted by Crippen LogP contribution is -2.15. The van der Waals surface area contributed by atoms with Crippen molar-refractivity contribution in [2.45, 2.75) is 12.8 Å². The molecule has 0 amide bonds. The average Bonchev–Trinajstić information content (AvgIpc) is 2.07. The van der Waals surface area contributed by atoms with E-state index in [4.69, 9.17) is 4.74 Å². The minimum absolute atomic E-state index is 0.0422. The first-order valence-electron chi connectivity index (χ1n) is 3.79. The second-order valence-corrected chi connectivity index (χ2v) is 2.74. The SMILES string of the molecule is O=C1CCc2cccc(O)c2O1. The van der Waals surface area contributed by atoms with Crippen molar-refractivity contribution in [2.75, 3.05) is 0 Å². The number of carbonyl (C=O) groups is 1. The molecule has 0 saturated carbocycles. The normalized spacial score (nSPS) is 15.2. The summed E-state index contributed by atoms with van der Waals surface area (Å²) in [6.45, 7) is 0. The van der Waals surface area contributed by atoms with Gasteiger partial charge in [-0.2, -0.15) is 0 Å². The topological polar surface area (TPSA) is 46.5 Å². The summed E-state index contributed by atoms with van der Waals surface area (Å²) in [4.78, 5) is 10.8. The highest BCUT2D eigenvalue weighted by atomic mass is 16.5. The Morgan fingerprint density at radius 3 is 3.00 bits per heavy atom. The molecule has 3 nitrogen and oxygen atoms in total. The molecule has 0 atom stereocenters. The van der Waals surface area contributed by atoms with Crippen LogP contribution in [0.3, 0.4) is 0 Å². The van der Waals surface area contributed by atoms with Crippen molar-refractivity contribution in [2.24, 2.45) is 0 Å². The summed E-state index contributed by atoms with van der Waals surface area (Å²) in [5.74, 6) is 0.0956. The molecule has 1 aliphatic rings. The number of phenols is 1. The van der Waals surface area contributed by atoms with E-state index in [2.05, 4.69) is 0 Å². The summed E-state index contributed by atoms with van der Waals surface area (Å²) in [6.07, 6.45) is 1.05. The Hall–Kier alpha value is -1.51. The lowest BCUT2D eigenvalue weighted by Gasteiger charge is -2.15. The van der Waals surface area contributed by atoms with Gasteiger partial charge in [-0.05, 0) is 18.1 Å². The number of fused-ring (bicyclic) bond motifs is 1. The van der Waals surface area contributed by atoms with Crippen molar-refractivity contribution in [1.82, 2.24) is 0 Å². The van der Waals surface area contributed by atoms with Crippen molar-refractivity contribution in [3.8, 4) is 11.5 Å². The number of aryl methyl sites for hydroxylation is 1. The molecule has 0 aliphatic carbocycles. The van der Waals surface area contributed by atoms with Gasteiger partial charge >= 0.3 is 5.97 Å². The van der Waals surface area contributed by atoms with E-state index in [9.17, 15) is 9.90 Å². The summed E-state index contributed by atoms with van der Waals surface area (Å²) in [7, 11) is 0. The van der Waals surface area contributed by atoms with Crippen LogP contribution in [0, 0.1) is 0 Å². The lowest BCUT2D eigenvalue weighted by molar-refractivity contribution is -0.135. The van der Waals surface area contributed by atoms with Gasteiger partial charge in [0.2, 0.25) is 0 Å². The zero-order chi connectivity index (χ0) is 8.55. The van der Waals surface area contributed by atoms with Crippen molar-refractivity contribution < 1.29 is 14.6 Å². The predicted molar refractivity (Wildman–Crippen MR) is 42.1 cm³/mol. The second-order valence-electron chi connectivity index (χ2n) is 2.74. The third-order valence-corrected chi connectivity index (χ3v) is 1.89. The largest absolute Gasteiger partial charge is 0.504 e. The minimum Gasteiger partial charge on any atom is -0.504 e. The molecule has 0 saturated heterocycles. The van der Waals surface area contributed by atoms with Gasteiger partial charge in [0, 0.05) is 0 Å². The number of para-hydroxylation sites is 1. The molecule has 1 N–H and O–H groups in total. The number of phenolic OH excluding ortho intramolecular Hbond substituents is 1. The first-order chi connectivity index (χ1) is 5.77. The molecule has 0 spiro atoms. The van der Waals surface area contributed by atoms with Crippen LogP contribution in [-0.4, -0.2) is 11.1 Å². The maximum absolute atomic E-state index is 10.8. The molecule has 3 heteroatoms. The first-order valence-corrected chi connectivity index (χ1v) is 3.79. The Labute approximate surface area is 69.6 Å². The van der Waals surface area contributed by atoms with Gasteiger partial charge in [-0.25, -0.2) is 0 Å². The molecule has 0 radical (unpaired) electrons. The summed E-state index contributed by atoms with van der Waals surface area (Å²) < 4.78 is 4.87. The molecule has 1 aromatic rings. The summed E-state index contributed by atoms with van der Waals surface area (Å²) in [5, 5.41) is 9.30. The zero-order valence-electron chi connectivity index (χ0n) is 6.41. The van der Waals surface area contributed by atoms with Gasteiger partial charge in [-0.3, -0.25) is 4.79 Å². The molecular weight excluding hydrogens is 156 g/mol. The van der Waals surface area contributed by atoms with E-state index >= 15 is 0 Å². The van der Waals surface area contributed by atoms with Gasteiger partial charge < -0.3 is 9.84 Å². The standard InChI is InChI=1S/C9H8O3/c10-7-3-1-2-6-4-5-8(11)12-9(6)7/h1-3,10H,4-5H2. The van der Waals surface area contributed by atoms with Gasteiger partial charge in [0.05, 0.1) is 6.42 Å². The summed E-state index contributed by atoms with van der Waals surface area (Å²) in [6, 6.07) is 5.10. The number of hydrogen-bond acceptors (Lipinski definition) is 3. The van der Waals surface area contributed by atoms with E-state index in [1.54, 1.807) is 6.07 Å². The molecular formula is C9H8O3. The van der Waals surface area contributed by atoms with Crippen LogP contribution in [0.4, 0.5) is 0 Å². The molecule has 0 bridgehead atoms. The fraction of sp³-hybridized carbons (Fsp3) is 0.222. The Morgan fingerprint density at radius 2 is 2.17 bits per heavy atom. The minimum atomic E-state index is -0.274. The number of aromatic hydroxyl groups is 1. The summed E-state index contributed by atoms with van der Waals surface area (Å²) in [5.41, 5.74) is 0.898. The van der Waals surface area contributed by atoms with Crippen molar-refractivity contribution in [3.05, 3.63) is 23.8 Å². The van der Waals surface area contributed by atoms with Crippen LogP contribution < -0.4 is 4.74 Å². The summed E-state index contributed by atoms with van der Waals surface area (Å²) >= 11 is 0. The molecule has 12 heavy (non-hydrogen) atoms. The number of ether oxygens (including phenoxy) is 1. The first kappa shape index (κ1) is 7.16. The van der Waals surface area contributed by atoms with Crippen LogP contribution in [0.2, 0.25) is 0 Å². The molecule has 0 unspecified atom stereocenters. The van der Waals surface area contributed by atoms with Crippen LogP contribution in [0.1, 0.15) is 12.0 Å².